The Labute approximate surface area is 200 Å². The van der Waals surface area contributed by atoms with Crippen molar-refractivity contribution in [1.82, 2.24) is 19.7 Å². The van der Waals surface area contributed by atoms with E-state index in [0.717, 1.165) is 11.8 Å². The second-order valence-electron chi connectivity index (χ2n) is 8.17. The maximum atomic E-state index is 13.3. The molecule has 0 aliphatic rings. The van der Waals surface area contributed by atoms with Crippen LogP contribution in [-0.4, -0.2) is 26.8 Å². The van der Waals surface area contributed by atoms with E-state index in [1.54, 1.807) is 19.1 Å². The van der Waals surface area contributed by atoms with Crippen molar-refractivity contribution in [2.45, 2.75) is 40.0 Å². The maximum Gasteiger partial charge on any atom is 0.416 e. The molecule has 1 N–H and O–H groups in total. The van der Waals surface area contributed by atoms with Crippen LogP contribution in [0.4, 0.5) is 30.5 Å². The number of nitrogens with one attached hydrogen (secondary N) is 1. The van der Waals surface area contributed by atoms with Crippen molar-refractivity contribution in [2.24, 2.45) is 0 Å². The second kappa shape index (κ2) is 9.36. The first-order valence-corrected chi connectivity index (χ1v) is 11.1. The van der Waals surface area contributed by atoms with E-state index in [1.807, 2.05) is 37.1 Å². The fourth-order valence-electron chi connectivity index (χ4n) is 3.91. The van der Waals surface area contributed by atoms with Gasteiger partial charge in [0, 0.05) is 37.3 Å². The Morgan fingerprint density at radius 2 is 1.83 bits per heavy atom. The lowest BCUT2D eigenvalue weighted by Gasteiger charge is -2.20. The van der Waals surface area contributed by atoms with Crippen molar-refractivity contribution < 1.29 is 13.2 Å². The molecule has 7 nitrogen and oxygen atoms in total. The van der Waals surface area contributed by atoms with E-state index >= 15 is 0 Å². The van der Waals surface area contributed by atoms with Gasteiger partial charge in [0.05, 0.1) is 11.1 Å². The molecule has 0 radical (unpaired) electrons. The van der Waals surface area contributed by atoms with Crippen LogP contribution in [0, 0.1) is 13.8 Å². The van der Waals surface area contributed by atoms with Crippen molar-refractivity contribution in [2.75, 3.05) is 17.3 Å². The Hall–Kier alpha value is -3.95. The van der Waals surface area contributed by atoms with Crippen LogP contribution in [0.15, 0.2) is 53.3 Å². The number of alkyl halides is 3. The number of anilines is 3. The molecule has 0 atom stereocenters. The highest BCUT2D eigenvalue weighted by atomic mass is 19.4. The van der Waals surface area contributed by atoms with E-state index in [2.05, 4.69) is 20.4 Å². The summed E-state index contributed by atoms with van der Waals surface area (Å²) in [6, 6.07) is 12.9. The van der Waals surface area contributed by atoms with Crippen LogP contribution < -0.4 is 15.8 Å². The number of benzene rings is 2. The van der Waals surface area contributed by atoms with Gasteiger partial charge in [-0.15, -0.1) is 0 Å². The van der Waals surface area contributed by atoms with Crippen molar-refractivity contribution >= 4 is 28.2 Å². The lowest BCUT2D eigenvalue weighted by atomic mass is 10.0. The van der Waals surface area contributed by atoms with Crippen molar-refractivity contribution in [1.29, 1.82) is 0 Å². The summed E-state index contributed by atoms with van der Waals surface area (Å²) < 4.78 is 41.3. The van der Waals surface area contributed by atoms with Crippen LogP contribution in [0.3, 0.4) is 0 Å². The van der Waals surface area contributed by atoms with Gasteiger partial charge in [0.15, 0.2) is 5.82 Å². The van der Waals surface area contributed by atoms with E-state index < -0.39 is 11.7 Å². The number of nitrogens with zero attached hydrogens (tertiary/aromatic N) is 5. The highest BCUT2D eigenvalue weighted by molar-refractivity contribution is 5.92. The second-order valence-corrected chi connectivity index (χ2v) is 8.17. The molecular formula is C25H25F3N6O. The Kier molecular flexibility index (Phi) is 6.47. The SMILES string of the molecule is CCn1nc(N(C)c2ccc3nc(C)nc(NCc4cccc(C(F)(F)F)c4C)c3c2)ccc1=O. The van der Waals surface area contributed by atoms with Crippen molar-refractivity contribution in [3.05, 3.63) is 81.4 Å². The highest BCUT2D eigenvalue weighted by Gasteiger charge is 2.32. The molecule has 182 valence electrons. The summed E-state index contributed by atoms with van der Waals surface area (Å²) in [5.74, 6) is 1.65. The fraction of sp³-hybridized carbons (Fsp3) is 0.280. The fourth-order valence-corrected chi connectivity index (χ4v) is 3.91. The molecule has 0 aliphatic carbocycles. The topological polar surface area (TPSA) is 75.9 Å². The first-order valence-electron chi connectivity index (χ1n) is 11.1. The van der Waals surface area contributed by atoms with E-state index in [0.29, 0.717) is 40.5 Å². The molecule has 0 amide bonds. The molecule has 10 heteroatoms. The minimum atomic E-state index is -4.41. The van der Waals surface area contributed by atoms with Crippen LogP contribution in [-0.2, 0) is 19.3 Å². The number of fused-ring (bicyclic) bond motifs is 1. The quantitative estimate of drug-likeness (QED) is 0.406. The summed E-state index contributed by atoms with van der Waals surface area (Å²) in [6.45, 7) is 5.70. The number of hydrogen-bond acceptors (Lipinski definition) is 6. The van der Waals surface area contributed by atoms with E-state index in [4.69, 9.17) is 0 Å². The van der Waals surface area contributed by atoms with Crippen LogP contribution in [0.2, 0.25) is 0 Å². The number of halogens is 3. The molecule has 0 unspecified atom stereocenters. The number of aromatic nitrogens is 4. The summed E-state index contributed by atoms with van der Waals surface area (Å²) in [5.41, 5.74) is 1.37. The van der Waals surface area contributed by atoms with Gasteiger partial charge in [0.2, 0.25) is 0 Å². The van der Waals surface area contributed by atoms with Gasteiger partial charge < -0.3 is 10.2 Å². The summed E-state index contributed by atoms with van der Waals surface area (Å²) in [7, 11) is 1.84. The average Bonchev–Trinajstić information content (AvgIpc) is 2.82. The third-order valence-electron chi connectivity index (χ3n) is 5.87. The van der Waals surface area contributed by atoms with E-state index in [9.17, 15) is 18.0 Å². The minimum Gasteiger partial charge on any atom is -0.365 e. The van der Waals surface area contributed by atoms with Crippen molar-refractivity contribution in [3.63, 3.8) is 0 Å². The summed E-state index contributed by atoms with van der Waals surface area (Å²) in [4.78, 5) is 22.7. The lowest BCUT2D eigenvalue weighted by Crippen LogP contribution is -2.24. The Morgan fingerprint density at radius 3 is 2.54 bits per heavy atom. The largest absolute Gasteiger partial charge is 0.416 e. The molecule has 0 aliphatic heterocycles. The maximum absolute atomic E-state index is 13.3. The highest BCUT2D eigenvalue weighted by Crippen LogP contribution is 2.33. The van der Waals surface area contributed by atoms with Crippen LogP contribution in [0.5, 0.6) is 0 Å². The molecule has 4 aromatic rings. The van der Waals surface area contributed by atoms with Gasteiger partial charge >= 0.3 is 6.18 Å². The zero-order valence-electron chi connectivity index (χ0n) is 19.8. The zero-order chi connectivity index (χ0) is 25.3. The normalized spacial score (nSPS) is 11.6. The molecule has 0 fully saturated rings. The van der Waals surface area contributed by atoms with Gasteiger partial charge in [-0.3, -0.25) is 4.79 Å². The van der Waals surface area contributed by atoms with Gasteiger partial charge in [0.1, 0.15) is 11.6 Å². The van der Waals surface area contributed by atoms with Crippen LogP contribution in [0.25, 0.3) is 10.9 Å². The average molecular weight is 483 g/mol. The number of rotatable bonds is 6. The Morgan fingerprint density at radius 1 is 1.06 bits per heavy atom. The Balaban J connectivity index is 1.69. The zero-order valence-corrected chi connectivity index (χ0v) is 19.8. The predicted octanol–water partition coefficient (Wildman–Crippen LogP) is 5.22. The standard InChI is InChI=1S/C25H25F3N6O/c1-5-34-23(35)12-11-22(32-34)33(4)18-9-10-21-19(13-18)24(31-16(3)30-21)29-14-17-7-6-8-20(15(17)2)25(26,27)28/h6-13H,5,14H2,1-4H3,(H,29,30,31). The number of aryl methyl sites for hydroxylation is 2. The molecule has 35 heavy (non-hydrogen) atoms. The molecule has 0 saturated heterocycles. The monoisotopic (exact) mass is 482 g/mol. The van der Waals surface area contributed by atoms with Crippen molar-refractivity contribution in [3.8, 4) is 0 Å². The summed E-state index contributed by atoms with van der Waals surface area (Å²) in [5, 5.41) is 8.30. The van der Waals surface area contributed by atoms with E-state index in [1.165, 1.54) is 23.7 Å². The van der Waals surface area contributed by atoms with Crippen LogP contribution >= 0.6 is 0 Å². The molecule has 0 bridgehead atoms. The summed E-state index contributed by atoms with van der Waals surface area (Å²) in [6.07, 6.45) is -4.41. The molecule has 2 aromatic heterocycles. The van der Waals surface area contributed by atoms with Gasteiger partial charge in [-0.25, -0.2) is 14.6 Å². The smallest absolute Gasteiger partial charge is 0.365 e. The molecular weight excluding hydrogens is 457 g/mol. The Bertz CT molecular complexity index is 1450. The predicted molar refractivity (Wildman–Crippen MR) is 130 cm³/mol. The molecule has 2 heterocycles. The molecule has 2 aromatic carbocycles. The minimum absolute atomic E-state index is 0.171. The van der Waals surface area contributed by atoms with Gasteiger partial charge in [0.25, 0.3) is 5.56 Å². The third-order valence-corrected chi connectivity index (χ3v) is 5.87. The number of hydrogen-bond donors (Lipinski definition) is 1. The molecule has 0 spiro atoms. The van der Waals surface area contributed by atoms with E-state index in [-0.39, 0.29) is 17.7 Å². The van der Waals surface area contributed by atoms with Gasteiger partial charge in [-0.1, -0.05) is 12.1 Å². The molecule has 0 saturated carbocycles. The van der Waals surface area contributed by atoms with Gasteiger partial charge in [-0.2, -0.15) is 18.3 Å². The van der Waals surface area contributed by atoms with Crippen LogP contribution in [0.1, 0.15) is 29.4 Å². The lowest BCUT2D eigenvalue weighted by molar-refractivity contribution is -0.138. The third kappa shape index (κ3) is 4.96. The molecule has 4 rings (SSSR count). The first-order chi connectivity index (χ1) is 16.6. The first kappa shape index (κ1) is 24.2. The summed E-state index contributed by atoms with van der Waals surface area (Å²) >= 11 is 0. The van der Waals surface area contributed by atoms with Gasteiger partial charge in [-0.05, 0) is 62.2 Å².